The Morgan fingerprint density at radius 3 is 2.20 bits per heavy atom. The molecule has 4 aliphatic carbocycles. The van der Waals surface area contributed by atoms with E-state index in [0.717, 1.165) is 28.7 Å². The van der Waals surface area contributed by atoms with Crippen molar-refractivity contribution >= 4 is 16.7 Å². The fourth-order valence-corrected chi connectivity index (χ4v) is 6.47. The molecule has 0 saturated heterocycles. The lowest BCUT2D eigenvalue weighted by Crippen LogP contribution is -2.55. The van der Waals surface area contributed by atoms with E-state index in [-0.39, 0.29) is 11.9 Å². The minimum Gasteiger partial charge on any atom is -0.349 e. The largest absolute Gasteiger partial charge is 0.349 e. The maximum Gasteiger partial charge on any atom is 0.251 e. The van der Waals surface area contributed by atoms with Gasteiger partial charge in [0.15, 0.2) is 0 Å². The Hall–Kier alpha value is -1.83. The van der Waals surface area contributed by atoms with Crippen molar-refractivity contribution in [1.82, 2.24) is 5.32 Å². The number of carbonyl (C=O) groups is 1. The molecule has 6 rings (SSSR count). The van der Waals surface area contributed by atoms with Gasteiger partial charge >= 0.3 is 0 Å². The summed E-state index contributed by atoms with van der Waals surface area (Å²) in [5, 5.41) is 5.70. The van der Waals surface area contributed by atoms with Crippen molar-refractivity contribution in [2.45, 2.75) is 51.5 Å². The van der Waals surface area contributed by atoms with E-state index in [9.17, 15) is 4.79 Å². The fraction of sp³-hybridized carbons (Fsp3) is 0.522. The standard InChI is InChI=1S/C23H27NO/c1-15(23-12-16-8-17(13-23)10-18(9-16)14-23)24-22(25)21-7-6-19-4-2-3-5-20(19)11-21/h2-7,11,15-18H,8-10,12-14H2,1H3,(H,24,25). The van der Waals surface area contributed by atoms with Gasteiger partial charge in [-0.1, -0.05) is 30.3 Å². The number of rotatable bonds is 3. The fourth-order valence-electron chi connectivity index (χ4n) is 6.47. The molecule has 130 valence electrons. The molecule has 2 nitrogen and oxygen atoms in total. The summed E-state index contributed by atoms with van der Waals surface area (Å²) in [6, 6.07) is 14.6. The van der Waals surface area contributed by atoms with Crippen molar-refractivity contribution in [2.75, 3.05) is 0 Å². The third-order valence-electron chi connectivity index (χ3n) is 7.36. The minimum absolute atomic E-state index is 0.0917. The van der Waals surface area contributed by atoms with Gasteiger partial charge in [-0.3, -0.25) is 4.79 Å². The molecule has 0 aliphatic heterocycles. The highest BCUT2D eigenvalue weighted by Gasteiger charge is 2.53. The van der Waals surface area contributed by atoms with Gasteiger partial charge in [-0.2, -0.15) is 0 Å². The minimum atomic E-state index is 0.0917. The highest BCUT2D eigenvalue weighted by atomic mass is 16.1. The van der Waals surface area contributed by atoms with E-state index < -0.39 is 0 Å². The quantitative estimate of drug-likeness (QED) is 0.824. The van der Waals surface area contributed by atoms with E-state index in [1.807, 2.05) is 24.3 Å². The van der Waals surface area contributed by atoms with Crippen LogP contribution >= 0.6 is 0 Å². The van der Waals surface area contributed by atoms with Gasteiger partial charge in [-0.25, -0.2) is 0 Å². The molecule has 4 bridgehead atoms. The molecule has 0 aromatic heterocycles. The second-order valence-electron chi connectivity index (χ2n) is 9.04. The van der Waals surface area contributed by atoms with Gasteiger partial charge in [0, 0.05) is 11.6 Å². The van der Waals surface area contributed by atoms with Crippen molar-refractivity contribution in [1.29, 1.82) is 0 Å². The molecule has 2 aromatic rings. The maximum atomic E-state index is 12.9. The van der Waals surface area contributed by atoms with Crippen LogP contribution in [0.15, 0.2) is 42.5 Å². The number of nitrogens with one attached hydrogen (secondary N) is 1. The normalized spacial score (nSPS) is 34.2. The Kier molecular flexibility index (Phi) is 3.45. The number of hydrogen-bond donors (Lipinski definition) is 1. The average Bonchev–Trinajstić information content (AvgIpc) is 2.60. The summed E-state index contributed by atoms with van der Waals surface area (Å²) in [6.07, 6.45) is 8.34. The Bertz CT molecular complexity index is 788. The zero-order valence-electron chi connectivity index (χ0n) is 15.0. The van der Waals surface area contributed by atoms with Crippen LogP contribution in [0.3, 0.4) is 0 Å². The van der Waals surface area contributed by atoms with Crippen LogP contribution < -0.4 is 5.32 Å². The summed E-state index contributed by atoms with van der Waals surface area (Å²) in [5.74, 6) is 2.86. The van der Waals surface area contributed by atoms with E-state index in [2.05, 4.69) is 30.4 Å². The highest BCUT2D eigenvalue weighted by molar-refractivity contribution is 5.98. The predicted octanol–water partition coefficient (Wildman–Crippen LogP) is 5.17. The Morgan fingerprint density at radius 2 is 1.56 bits per heavy atom. The summed E-state index contributed by atoms with van der Waals surface area (Å²) in [4.78, 5) is 12.9. The predicted molar refractivity (Wildman–Crippen MR) is 101 cm³/mol. The van der Waals surface area contributed by atoms with Gasteiger partial charge in [0.05, 0.1) is 0 Å². The monoisotopic (exact) mass is 333 g/mol. The molecule has 1 unspecified atom stereocenters. The van der Waals surface area contributed by atoms with Gasteiger partial charge in [-0.05, 0) is 91.5 Å². The van der Waals surface area contributed by atoms with E-state index in [4.69, 9.17) is 0 Å². The lowest BCUT2D eigenvalue weighted by molar-refractivity contribution is -0.0688. The van der Waals surface area contributed by atoms with Crippen LogP contribution in [-0.4, -0.2) is 11.9 Å². The molecule has 2 heteroatoms. The second kappa shape index (κ2) is 5.59. The Balaban J connectivity index is 1.36. The van der Waals surface area contributed by atoms with Crippen LogP contribution in [0.2, 0.25) is 0 Å². The van der Waals surface area contributed by atoms with Gasteiger partial charge in [0.1, 0.15) is 0 Å². The number of fused-ring (bicyclic) bond motifs is 1. The number of carbonyl (C=O) groups excluding carboxylic acids is 1. The van der Waals surface area contributed by atoms with Gasteiger partial charge in [0.2, 0.25) is 0 Å². The molecule has 1 atom stereocenters. The Morgan fingerprint density at radius 1 is 0.960 bits per heavy atom. The second-order valence-corrected chi connectivity index (χ2v) is 9.04. The zero-order valence-corrected chi connectivity index (χ0v) is 15.0. The van der Waals surface area contributed by atoms with Gasteiger partial charge < -0.3 is 5.32 Å². The number of amides is 1. The van der Waals surface area contributed by atoms with E-state index in [1.54, 1.807) is 0 Å². The summed E-state index contributed by atoms with van der Waals surface area (Å²) in [6.45, 7) is 2.26. The molecular weight excluding hydrogens is 306 g/mol. The molecule has 2 aromatic carbocycles. The van der Waals surface area contributed by atoms with Crippen molar-refractivity contribution in [2.24, 2.45) is 23.2 Å². The molecule has 1 N–H and O–H groups in total. The smallest absolute Gasteiger partial charge is 0.251 e. The summed E-state index contributed by atoms with van der Waals surface area (Å²) in [5.41, 5.74) is 1.15. The Labute approximate surface area is 150 Å². The molecule has 4 fully saturated rings. The third-order valence-corrected chi connectivity index (χ3v) is 7.36. The lowest BCUT2D eigenvalue weighted by Gasteiger charge is -2.59. The first-order chi connectivity index (χ1) is 12.1. The first kappa shape index (κ1) is 15.4. The molecule has 25 heavy (non-hydrogen) atoms. The van der Waals surface area contributed by atoms with Crippen molar-refractivity contribution in [3.63, 3.8) is 0 Å². The number of hydrogen-bond acceptors (Lipinski definition) is 1. The SMILES string of the molecule is CC(NC(=O)c1ccc2ccccc2c1)C12CC3CC(CC(C3)C1)C2. The zero-order chi connectivity index (χ0) is 17.0. The van der Waals surface area contributed by atoms with E-state index >= 15 is 0 Å². The summed E-state index contributed by atoms with van der Waals surface area (Å²) >= 11 is 0. The molecule has 0 radical (unpaired) electrons. The van der Waals surface area contributed by atoms with Crippen molar-refractivity contribution < 1.29 is 4.79 Å². The van der Waals surface area contributed by atoms with Crippen molar-refractivity contribution in [3.05, 3.63) is 48.0 Å². The molecule has 4 saturated carbocycles. The van der Waals surface area contributed by atoms with Crippen LogP contribution in [0.1, 0.15) is 55.8 Å². The molecule has 1 amide bonds. The van der Waals surface area contributed by atoms with Gasteiger partial charge in [0.25, 0.3) is 5.91 Å². The molecule has 0 spiro atoms. The first-order valence-electron chi connectivity index (χ1n) is 9.91. The van der Waals surface area contributed by atoms with Crippen LogP contribution in [0.5, 0.6) is 0 Å². The molecule has 4 aliphatic rings. The lowest BCUT2D eigenvalue weighted by atomic mass is 9.48. The van der Waals surface area contributed by atoms with Crippen molar-refractivity contribution in [3.8, 4) is 0 Å². The summed E-state index contributed by atoms with van der Waals surface area (Å²) < 4.78 is 0. The van der Waals surface area contributed by atoms with Crippen LogP contribution in [0.25, 0.3) is 10.8 Å². The topological polar surface area (TPSA) is 29.1 Å². The maximum absolute atomic E-state index is 12.9. The number of benzene rings is 2. The van der Waals surface area contributed by atoms with Crippen LogP contribution in [0, 0.1) is 23.2 Å². The molecular formula is C23H27NO. The van der Waals surface area contributed by atoms with Gasteiger partial charge in [-0.15, -0.1) is 0 Å². The van der Waals surface area contributed by atoms with E-state index in [0.29, 0.717) is 5.41 Å². The summed E-state index contributed by atoms with van der Waals surface area (Å²) in [7, 11) is 0. The third kappa shape index (κ3) is 2.58. The van der Waals surface area contributed by atoms with Crippen LogP contribution in [-0.2, 0) is 0 Å². The average molecular weight is 333 g/mol. The van der Waals surface area contributed by atoms with E-state index in [1.165, 1.54) is 43.9 Å². The molecule has 0 heterocycles. The van der Waals surface area contributed by atoms with Crippen LogP contribution in [0.4, 0.5) is 0 Å². The first-order valence-corrected chi connectivity index (χ1v) is 9.91. The highest BCUT2D eigenvalue weighted by Crippen LogP contribution is 2.61.